The van der Waals surface area contributed by atoms with Crippen LogP contribution in [0, 0.1) is 0 Å². The first-order valence-electron chi connectivity index (χ1n) is 13.0. The summed E-state index contributed by atoms with van der Waals surface area (Å²) in [5, 5.41) is 11.2. The third-order valence-electron chi connectivity index (χ3n) is 5.90. The Morgan fingerprint density at radius 1 is 1.12 bits per heavy atom. The van der Waals surface area contributed by atoms with Crippen LogP contribution in [0.25, 0.3) is 10.9 Å². The SMILES string of the molecule is CC(C)(C)OC(=O)[C@H](CNC(=O)c1ccc2c(cnn2CCCNc2ncc[nH]2)c1)NS(=O)(=O)c1ccc(Cl)c(Cl)c1. The van der Waals surface area contributed by atoms with E-state index in [1.165, 1.54) is 18.2 Å². The summed E-state index contributed by atoms with van der Waals surface area (Å²) in [5.74, 6) is -0.661. The Labute approximate surface area is 253 Å². The first-order chi connectivity index (χ1) is 19.8. The quantitative estimate of drug-likeness (QED) is 0.134. The number of rotatable bonds is 12. The molecule has 4 rings (SSSR count). The molecular formula is C27H31Cl2N7O5S. The van der Waals surface area contributed by atoms with Crippen molar-refractivity contribution in [1.82, 2.24) is 29.8 Å². The molecule has 0 radical (unpaired) electrons. The van der Waals surface area contributed by atoms with E-state index in [0.29, 0.717) is 24.6 Å². The van der Waals surface area contributed by atoms with Crippen molar-refractivity contribution in [2.24, 2.45) is 0 Å². The zero-order chi connectivity index (χ0) is 30.5. The number of nitrogens with zero attached hydrogens (tertiary/aromatic N) is 3. The largest absolute Gasteiger partial charge is 0.459 e. The molecule has 0 unspecified atom stereocenters. The molecule has 0 saturated carbocycles. The molecular weight excluding hydrogens is 605 g/mol. The molecule has 4 aromatic rings. The van der Waals surface area contributed by atoms with Gasteiger partial charge in [0.15, 0.2) is 5.95 Å². The highest BCUT2D eigenvalue weighted by molar-refractivity contribution is 7.89. The highest BCUT2D eigenvalue weighted by atomic mass is 35.5. The van der Waals surface area contributed by atoms with Crippen LogP contribution in [0.5, 0.6) is 0 Å². The molecule has 0 bridgehead atoms. The minimum atomic E-state index is -4.23. The molecule has 1 amide bonds. The van der Waals surface area contributed by atoms with Crippen molar-refractivity contribution in [2.75, 3.05) is 18.4 Å². The summed E-state index contributed by atoms with van der Waals surface area (Å²) in [7, 11) is -4.23. The van der Waals surface area contributed by atoms with Gasteiger partial charge < -0.3 is 20.4 Å². The average molecular weight is 637 g/mol. The molecule has 42 heavy (non-hydrogen) atoms. The Balaban J connectivity index is 1.42. The van der Waals surface area contributed by atoms with Crippen molar-refractivity contribution in [3.63, 3.8) is 0 Å². The van der Waals surface area contributed by atoms with Gasteiger partial charge >= 0.3 is 5.97 Å². The molecule has 2 heterocycles. The standard InChI is InChI=1S/C27H31Cl2N7O5S/c1-27(2,3)41-25(38)22(35-42(39,40)19-6-7-20(28)21(29)14-19)16-33-24(37)17-5-8-23-18(13-17)15-34-36(23)12-4-9-30-26-31-10-11-32-26/h5-8,10-11,13-15,22,35H,4,9,12,16H2,1-3H3,(H,33,37)(H2,30,31,32)/t22-/m0/s1. The van der Waals surface area contributed by atoms with Crippen LogP contribution in [-0.4, -0.2) is 64.8 Å². The van der Waals surface area contributed by atoms with Crippen molar-refractivity contribution in [1.29, 1.82) is 0 Å². The number of anilines is 1. The smallest absolute Gasteiger partial charge is 0.326 e. The number of benzene rings is 2. The number of aryl methyl sites for hydroxylation is 1. The van der Waals surface area contributed by atoms with Gasteiger partial charge in [0, 0.05) is 43.0 Å². The van der Waals surface area contributed by atoms with Gasteiger partial charge in [-0.1, -0.05) is 23.2 Å². The zero-order valence-corrected chi connectivity index (χ0v) is 25.5. The van der Waals surface area contributed by atoms with Gasteiger partial charge in [-0.25, -0.2) is 13.4 Å². The predicted molar refractivity (Wildman–Crippen MR) is 160 cm³/mol. The van der Waals surface area contributed by atoms with Crippen molar-refractivity contribution in [3.05, 3.63) is 70.6 Å². The molecule has 0 aliphatic rings. The summed E-state index contributed by atoms with van der Waals surface area (Å²) in [6.45, 7) is 5.94. The van der Waals surface area contributed by atoms with Gasteiger partial charge in [0.25, 0.3) is 5.91 Å². The maximum atomic E-state index is 13.0. The molecule has 1 atom stereocenters. The number of aromatic amines is 1. The summed E-state index contributed by atoms with van der Waals surface area (Å²) in [6, 6.07) is 7.44. The first kappa shape index (κ1) is 31.3. The molecule has 4 N–H and O–H groups in total. The second-order valence-corrected chi connectivity index (χ2v) is 12.9. The van der Waals surface area contributed by atoms with Gasteiger partial charge in [0.05, 0.1) is 26.7 Å². The number of ether oxygens (including phenoxy) is 1. The molecule has 15 heteroatoms. The van der Waals surface area contributed by atoms with Crippen LogP contribution in [0.3, 0.4) is 0 Å². The van der Waals surface area contributed by atoms with Gasteiger partial charge in [-0.3, -0.25) is 14.3 Å². The van der Waals surface area contributed by atoms with Gasteiger partial charge in [0.1, 0.15) is 11.6 Å². The Morgan fingerprint density at radius 2 is 1.90 bits per heavy atom. The number of fused-ring (bicyclic) bond motifs is 1. The molecule has 0 spiro atoms. The third kappa shape index (κ3) is 8.22. The normalized spacial score (nSPS) is 12.7. The maximum Gasteiger partial charge on any atom is 0.326 e. The lowest BCUT2D eigenvalue weighted by Gasteiger charge is -2.24. The van der Waals surface area contributed by atoms with E-state index in [9.17, 15) is 18.0 Å². The van der Waals surface area contributed by atoms with Crippen molar-refractivity contribution >= 4 is 62.0 Å². The number of hydrogen-bond donors (Lipinski definition) is 4. The van der Waals surface area contributed by atoms with E-state index < -0.39 is 33.5 Å². The average Bonchev–Trinajstić information content (AvgIpc) is 3.59. The molecule has 2 aromatic heterocycles. The minimum absolute atomic E-state index is 0.0333. The lowest BCUT2D eigenvalue weighted by Crippen LogP contribution is -2.50. The van der Waals surface area contributed by atoms with Crippen LogP contribution in [0.2, 0.25) is 10.0 Å². The number of amides is 1. The van der Waals surface area contributed by atoms with Crippen molar-refractivity contribution in [3.8, 4) is 0 Å². The highest BCUT2D eigenvalue weighted by Gasteiger charge is 2.30. The van der Waals surface area contributed by atoms with Gasteiger partial charge in [-0.15, -0.1) is 0 Å². The fourth-order valence-corrected chi connectivity index (χ4v) is 5.52. The number of hydrogen-bond acceptors (Lipinski definition) is 8. The van der Waals surface area contributed by atoms with Crippen LogP contribution < -0.4 is 15.4 Å². The van der Waals surface area contributed by atoms with E-state index in [4.69, 9.17) is 27.9 Å². The molecule has 0 fully saturated rings. The number of aromatic nitrogens is 4. The number of nitrogens with one attached hydrogen (secondary N) is 4. The monoisotopic (exact) mass is 635 g/mol. The van der Waals surface area contributed by atoms with Crippen LogP contribution >= 0.6 is 23.2 Å². The number of carbonyl (C=O) groups is 2. The van der Waals surface area contributed by atoms with Gasteiger partial charge in [-0.05, 0) is 63.6 Å². The van der Waals surface area contributed by atoms with E-state index in [1.807, 2.05) is 4.68 Å². The molecule has 0 aliphatic heterocycles. The number of imidazole rings is 1. The summed E-state index contributed by atoms with van der Waals surface area (Å²) in [4.78, 5) is 32.9. The molecule has 0 aliphatic carbocycles. The number of halogens is 2. The van der Waals surface area contributed by atoms with Crippen LogP contribution in [0.15, 0.2) is 59.9 Å². The van der Waals surface area contributed by atoms with E-state index in [0.717, 1.165) is 17.3 Å². The van der Waals surface area contributed by atoms with E-state index in [2.05, 4.69) is 30.4 Å². The summed E-state index contributed by atoms with van der Waals surface area (Å²) < 4.78 is 35.6. The first-order valence-corrected chi connectivity index (χ1v) is 15.2. The Bertz CT molecular complexity index is 1670. The molecule has 0 saturated heterocycles. The van der Waals surface area contributed by atoms with Gasteiger partial charge in [-0.2, -0.15) is 9.82 Å². The highest BCUT2D eigenvalue weighted by Crippen LogP contribution is 2.25. The van der Waals surface area contributed by atoms with Crippen LogP contribution in [0.4, 0.5) is 5.95 Å². The summed E-state index contributed by atoms with van der Waals surface area (Å²) in [6.07, 6.45) is 5.88. The fourth-order valence-electron chi connectivity index (χ4n) is 3.95. The minimum Gasteiger partial charge on any atom is -0.459 e. The third-order valence-corrected chi connectivity index (χ3v) is 8.11. The fraction of sp³-hybridized carbons (Fsp3) is 0.333. The Hall–Kier alpha value is -3.65. The van der Waals surface area contributed by atoms with E-state index in [1.54, 1.807) is 57.6 Å². The number of esters is 1. The van der Waals surface area contributed by atoms with Crippen molar-refractivity contribution < 1.29 is 22.7 Å². The molecule has 12 nitrogen and oxygen atoms in total. The second kappa shape index (κ2) is 13.1. The number of H-pyrrole nitrogens is 1. The van der Waals surface area contributed by atoms with E-state index >= 15 is 0 Å². The molecule has 224 valence electrons. The number of sulfonamides is 1. The lowest BCUT2D eigenvalue weighted by atomic mass is 10.1. The van der Waals surface area contributed by atoms with E-state index in [-0.39, 0.29) is 21.5 Å². The maximum absolute atomic E-state index is 13.0. The predicted octanol–water partition coefficient (Wildman–Crippen LogP) is 3.99. The second-order valence-electron chi connectivity index (χ2n) is 10.4. The zero-order valence-electron chi connectivity index (χ0n) is 23.1. The topological polar surface area (TPSA) is 160 Å². The molecule has 2 aromatic carbocycles. The summed E-state index contributed by atoms with van der Waals surface area (Å²) in [5.41, 5.74) is 0.274. The van der Waals surface area contributed by atoms with Gasteiger partial charge in [0.2, 0.25) is 10.0 Å². The summed E-state index contributed by atoms with van der Waals surface area (Å²) >= 11 is 11.9. The number of carbonyl (C=O) groups excluding carboxylic acids is 2. The lowest BCUT2D eigenvalue weighted by molar-refractivity contribution is -0.156. The van der Waals surface area contributed by atoms with Crippen LogP contribution in [0.1, 0.15) is 37.6 Å². The Morgan fingerprint density at radius 3 is 2.60 bits per heavy atom. The Kier molecular flexibility index (Phi) is 9.77. The van der Waals surface area contributed by atoms with Crippen LogP contribution in [-0.2, 0) is 26.1 Å². The van der Waals surface area contributed by atoms with Crippen molar-refractivity contribution in [2.45, 2.75) is 50.3 Å².